The zero-order valence-electron chi connectivity index (χ0n) is 17.9. The van der Waals surface area contributed by atoms with E-state index in [2.05, 4.69) is 25.0 Å². The fourth-order valence-electron chi connectivity index (χ4n) is 3.95. The van der Waals surface area contributed by atoms with E-state index < -0.39 is 29.2 Å². The number of nitrogens with zero attached hydrogens (tertiary/aromatic N) is 7. The summed E-state index contributed by atoms with van der Waals surface area (Å²) < 4.78 is 82.1. The Labute approximate surface area is 194 Å². The molecular formula is C22H15F6N7. The summed E-state index contributed by atoms with van der Waals surface area (Å²) in [4.78, 5) is 18.2. The highest BCUT2D eigenvalue weighted by atomic mass is 19.4. The summed E-state index contributed by atoms with van der Waals surface area (Å²) in [6.07, 6.45) is -3.44. The molecule has 0 unspecified atom stereocenters. The van der Waals surface area contributed by atoms with E-state index in [-0.39, 0.29) is 30.7 Å². The molecule has 4 heterocycles. The molecule has 1 aliphatic heterocycles. The summed E-state index contributed by atoms with van der Waals surface area (Å²) in [6.45, 7) is 1.65. The molecular weight excluding hydrogens is 476 g/mol. The maximum atomic E-state index is 13.8. The van der Waals surface area contributed by atoms with Crippen LogP contribution in [0.3, 0.4) is 0 Å². The smallest absolute Gasteiger partial charge is 0.325 e. The Hall–Kier alpha value is -4.03. The van der Waals surface area contributed by atoms with E-state index >= 15 is 0 Å². The van der Waals surface area contributed by atoms with Crippen molar-refractivity contribution in [3.05, 3.63) is 71.6 Å². The van der Waals surface area contributed by atoms with Crippen molar-refractivity contribution < 1.29 is 26.3 Å². The second kappa shape index (κ2) is 8.03. The van der Waals surface area contributed by atoms with Gasteiger partial charge in [0.1, 0.15) is 23.0 Å². The van der Waals surface area contributed by atoms with Gasteiger partial charge >= 0.3 is 12.4 Å². The van der Waals surface area contributed by atoms with Gasteiger partial charge in [-0.1, -0.05) is 0 Å². The Morgan fingerprint density at radius 2 is 1.66 bits per heavy atom. The lowest BCUT2D eigenvalue weighted by molar-refractivity contribution is -0.142. The maximum Gasteiger partial charge on any atom is 0.418 e. The Morgan fingerprint density at radius 1 is 0.886 bits per heavy atom. The summed E-state index contributed by atoms with van der Waals surface area (Å²) in [7, 11) is 0. The van der Waals surface area contributed by atoms with Crippen LogP contribution in [-0.4, -0.2) is 36.3 Å². The van der Waals surface area contributed by atoms with Gasteiger partial charge in [0.05, 0.1) is 23.0 Å². The number of hydrogen-bond acceptors (Lipinski definition) is 6. The van der Waals surface area contributed by atoms with Crippen molar-refractivity contribution in [1.82, 2.24) is 29.7 Å². The van der Waals surface area contributed by atoms with Crippen LogP contribution in [0.4, 0.5) is 37.8 Å². The first-order valence-electron chi connectivity index (χ1n) is 10.3. The fraction of sp³-hybridized carbons (Fsp3) is 0.227. The van der Waals surface area contributed by atoms with Crippen molar-refractivity contribution in [3.63, 3.8) is 0 Å². The zero-order valence-corrected chi connectivity index (χ0v) is 17.9. The average Bonchev–Trinajstić information content (AvgIpc) is 3.45. The van der Waals surface area contributed by atoms with Crippen molar-refractivity contribution >= 4 is 11.5 Å². The van der Waals surface area contributed by atoms with E-state index in [0.717, 1.165) is 6.07 Å². The number of halogens is 6. The molecule has 180 valence electrons. The predicted molar refractivity (Wildman–Crippen MR) is 112 cm³/mol. The largest absolute Gasteiger partial charge is 0.418 e. The summed E-state index contributed by atoms with van der Waals surface area (Å²) >= 11 is 0. The number of aryl methyl sites for hydroxylation is 1. The number of benzene rings is 1. The highest BCUT2D eigenvalue weighted by molar-refractivity contribution is 5.72. The van der Waals surface area contributed by atoms with Gasteiger partial charge in [-0.3, -0.25) is 9.97 Å². The highest BCUT2D eigenvalue weighted by Gasteiger charge is 2.41. The van der Waals surface area contributed by atoms with Gasteiger partial charge in [-0.05, 0) is 37.6 Å². The van der Waals surface area contributed by atoms with Gasteiger partial charge in [0.25, 0.3) is 0 Å². The molecule has 0 saturated carbocycles. The Morgan fingerprint density at radius 3 is 2.34 bits per heavy atom. The van der Waals surface area contributed by atoms with E-state index in [1.54, 1.807) is 19.2 Å². The fourth-order valence-corrected chi connectivity index (χ4v) is 3.95. The first kappa shape index (κ1) is 22.7. The molecule has 0 saturated heterocycles. The van der Waals surface area contributed by atoms with Crippen LogP contribution in [0, 0.1) is 6.92 Å². The molecule has 7 nitrogen and oxygen atoms in total. The summed E-state index contributed by atoms with van der Waals surface area (Å²) in [5, 5.41) is 4.46. The minimum Gasteiger partial charge on any atom is -0.325 e. The second-order valence-electron chi connectivity index (χ2n) is 7.76. The number of fused-ring (bicyclic) bond motifs is 1. The molecule has 5 rings (SSSR count). The van der Waals surface area contributed by atoms with Crippen LogP contribution in [0.1, 0.15) is 22.5 Å². The molecule has 35 heavy (non-hydrogen) atoms. The van der Waals surface area contributed by atoms with Crippen molar-refractivity contribution in [2.45, 2.75) is 25.7 Å². The van der Waals surface area contributed by atoms with Crippen LogP contribution < -0.4 is 4.90 Å². The third-order valence-electron chi connectivity index (χ3n) is 5.47. The van der Waals surface area contributed by atoms with Gasteiger partial charge in [-0.15, -0.1) is 0 Å². The molecule has 0 atom stereocenters. The quantitative estimate of drug-likeness (QED) is 0.369. The van der Waals surface area contributed by atoms with Crippen molar-refractivity contribution in [3.8, 4) is 17.2 Å². The number of rotatable bonds is 3. The minimum absolute atomic E-state index is 0.0766. The standard InChI is InChI=1S/C22H15F6N7/c1-12-31-19-14(20(32-12)35-9-5-16(33-35)17-11-29-6-7-30-17)4-8-34(19)18-3-2-13(21(23,24)25)10-15(18)22(26,27)28/h2-3,5-7,9-11H,4,8H2,1H3. The van der Waals surface area contributed by atoms with Crippen LogP contribution in [0.5, 0.6) is 0 Å². The maximum absolute atomic E-state index is 13.8. The number of alkyl halides is 6. The molecule has 0 fully saturated rings. The van der Waals surface area contributed by atoms with Crippen LogP contribution in [0.25, 0.3) is 17.2 Å². The highest BCUT2D eigenvalue weighted by Crippen LogP contribution is 2.44. The Balaban J connectivity index is 1.60. The van der Waals surface area contributed by atoms with Gasteiger partial charge in [-0.2, -0.15) is 31.4 Å². The molecule has 0 N–H and O–H groups in total. The van der Waals surface area contributed by atoms with E-state index in [1.165, 1.54) is 28.2 Å². The predicted octanol–water partition coefficient (Wildman–Crippen LogP) is 5.16. The topological polar surface area (TPSA) is 72.6 Å². The van der Waals surface area contributed by atoms with Gasteiger partial charge < -0.3 is 4.90 Å². The van der Waals surface area contributed by atoms with Crippen molar-refractivity contribution in [1.29, 1.82) is 0 Å². The molecule has 0 radical (unpaired) electrons. The summed E-state index contributed by atoms with van der Waals surface area (Å²) in [5.41, 5.74) is -1.61. The molecule has 3 aromatic heterocycles. The molecule has 1 aliphatic rings. The van der Waals surface area contributed by atoms with Gasteiger partial charge in [-0.25, -0.2) is 14.6 Å². The monoisotopic (exact) mass is 491 g/mol. The molecule has 1 aromatic carbocycles. The zero-order chi connectivity index (χ0) is 25.0. The number of hydrogen-bond donors (Lipinski definition) is 0. The lowest BCUT2D eigenvalue weighted by atomic mass is 10.1. The molecule has 13 heteroatoms. The Bertz CT molecular complexity index is 1400. The number of anilines is 2. The van der Waals surface area contributed by atoms with E-state index in [9.17, 15) is 26.3 Å². The molecule has 0 amide bonds. The average molecular weight is 491 g/mol. The first-order valence-corrected chi connectivity index (χ1v) is 10.3. The number of aromatic nitrogens is 6. The van der Waals surface area contributed by atoms with E-state index in [0.29, 0.717) is 28.8 Å². The van der Waals surface area contributed by atoms with Crippen LogP contribution in [0.15, 0.2) is 49.1 Å². The minimum atomic E-state index is -5.00. The lowest BCUT2D eigenvalue weighted by Gasteiger charge is -2.24. The van der Waals surface area contributed by atoms with Gasteiger partial charge in [0.2, 0.25) is 0 Å². The molecule has 0 spiro atoms. The van der Waals surface area contributed by atoms with E-state index in [4.69, 9.17) is 0 Å². The summed E-state index contributed by atoms with van der Waals surface area (Å²) in [5.74, 6) is 0.822. The van der Waals surface area contributed by atoms with Crippen LogP contribution >= 0.6 is 0 Å². The Kier molecular flexibility index (Phi) is 5.22. The van der Waals surface area contributed by atoms with E-state index in [1.807, 2.05) is 0 Å². The first-order chi connectivity index (χ1) is 16.5. The SMILES string of the molecule is Cc1nc2c(c(-n3ccc(-c4cnccn4)n3)n1)CCN2c1ccc(C(F)(F)F)cc1C(F)(F)F. The van der Waals surface area contributed by atoms with Crippen molar-refractivity contribution in [2.75, 3.05) is 11.4 Å². The molecule has 4 aromatic rings. The normalized spacial score (nSPS) is 13.9. The third-order valence-corrected chi connectivity index (χ3v) is 5.47. The van der Waals surface area contributed by atoms with Crippen LogP contribution in [0.2, 0.25) is 0 Å². The van der Waals surface area contributed by atoms with Gasteiger partial charge in [0, 0.05) is 30.7 Å². The van der Waals surface area contributed by atoms with Crippen molar-refractivity contribution in [2.24, 2.45) is 0 Å². The molecule has 0 bridgehead atoms. The van der Waals surface area contributed by atoms with Crippen LogP contribution in [-0.2, 0) is 18.8 Å². The molecule has 0 aliphatic carbocycles. The lowest BCUT2D eigenvalue weighted by Crippen LogP contribution is -2.21. The summed E-state index contributed by atoms with van der Waals surface area (Å²) in [6, 6.07) is 3.29. The van der Waals surface area contributed by atoms with Gasteiger partial charge in [0.15, 0.2) is 5.82 Å². The second-order valence-corrected chi connectivity index (χ2v) is 7.76. The third kappa shape index (κ3) is 4.17.